The molecule has 0 aliphatic carbocycles. The number of amides is 1. The van der Waals surface area contributed by atoms with Gasteiger partial charge in [-0.15, -0.1) is 0 Å². The highest BCUT2D eigenvalue weighted by molar-refractivity contribution is 7.89. The van der Waals surface area contributed by atoms with Crippen LogP contribution < -0.4 is 0 Å². The Kier molecular flexibility index (Phi) is 5.92. The second-order valence-corrected chi connectivity index (χ2v) is 8.62. The highest BCUT2D eigenvalue weighted by atomic mass is 32.2. The summed E-state index contributed by atoms with van der Waals surface area (Å²) in [7, 11) is -2.18. The lowest BCUT2D eigenvalue weighted by atomic mass is 10.0. The van der Waals surface area contributed by atoms with Crippen LogP contribution in [0.2, 0.25) is 0 Å². The number of sulfonamides is 1. The quantitative estimate of drug-likeness (QED) is 0.789. The molecule has 1 unspecified atom stereocenters. The van der Waals surface area contributed by atoms with E-state index < -0.39 is 16.1 Å². The van der Waals surface area contributed by atoms with E-state index in [9.17, 15) is 17.6 Å². The van der Waals surface area contributed by atoms with Gasteiger partial charge in [-0.25, -0.2) is 12.8 Å². The number of rotatable bonds is 5. The minimum absolute atomic E-state index is 0.0984. The topological polar surface area (TPSA) is 57.7 Å². The third-order valence-corrected chi connectivity index (χ3v) is 6.75. The fourth-order valence-corrected chi connectivity index (χ4v) is 5.05. The van der Waals surface area contributed by atoms with Crippen LogP contribution in [0.25, 0.3) is 0 Å². The summed E-state index contributed by atoms with van der Waals surface area (Å²) < 4.78 is 41.3. The molecule has 2 aromatic rings. The maximum absolute atomic E-state index is 13.9. The molecule has 0 N–H and O–H groups in total. The smallest absolute Gasteiger partial charge is 0.243 e. The second-order valence-electron chi connectivity index (χ2n) is 6.73. The highest BCUT2D eigenvalue weighted by Crippen LogP contribution is 2.26. The lowest BCUT2D eigenvalue weighted by Gasteiger charge is -2.35. The van der Waals surface area contributed by atoms with E-state index in [1.807, 2.05) is 0 Å². The molecule has 1 saturated heterocycles. The molecule has 2 aromatic carbocycles. The van der Waals surface area contributed by atoms with E-state index in [-0.39, 0.29) is 23.2 Å². The summed E-state index contributed by atoms with van der Waals surface area (Å²) in [5, 5.41) is 0. The molecule has 1 heterocycles. The van der Waals surface area contributed by atoms with E-state index >= 15 is 0 Å². The first-order valence-electron chi connectivity index (χ1n) is 8.96. The molecular formula is C20H23FN2O3S. The standard InChI is InChI=1S/C20H23FN2O3S/c1-22(15-16-9-5-6-12-18(16)21)20(24)19-13-7-8-14-23(19)27(25,26)17-10-3-2-4-11-17/h2-6,9-12,19H,7-8,13-15H2,1H3. The van der Waals surface area contributed by atoms with E-state index in [2.05, 4.69) is 0 Å². The van der Waals surface area contributed by atoms with E-state index in [4.69, 9.17) is 0 Å². The Morgan fingerprint density at radius 1 is 1.11 bits per heavy atom. The number of nitrogens with zero attached hydrogens (tertiary/aromatic N) is 2. The van der Waals surface area contributed by atoms with Crippen LogP contribution in [0.1, 0.15) is 24.8 Å². The van der Waals surface area contributed by atoms with Gasteiger partial charge < -0.3 is 4.90 Å². The molecular weight excluding hydrogens is 367 g/mol. The average molecular weight is 390 g/mol. The summed E-state index contributed by atoms with van der Waals surface area (Å²) in [4.78, 5) is 14.6. The number of carbonyl (C=O) groups is 1. The average Bonchev–Trinajstić information content (AvgIpc) is 2.69. The maximum Gasteiger partial charge on any atom is 0.243 e. The molecule has 0 aromatic heterocycles. The fourth-order valence-electron chi connectivity index (χ4n) is 3.38. The normalized spacial score (nSPS) is 18.2. The van der Waals surface area contributed by atoms with Gasteiger partial charge in [0.2, 0.25) is 15.9 Å². The first kappa shape index (κ1) is 19.5. The van der Waals surface area contributed by atoms with Crippen molar-refractivity contribution in [1.82, 2.24) is 9.21 Å². The van der Waals surface area contributed by atoms with Gasteiger partial charge in [-0.2, -0.15) is 4.31 Å². The molecule has 5 nitrogen and oxygen atoms in total. The van der Waals surface area contributed by atoms with E-state index in [0.717, 1.165) is 6.42 Å². The molecule has 0 radical (unpaired) electrons. The molecule has 0 spiro atoms. The number of hydrogen-bond donors (Lipinski definition) is 0. The third-order valence-electron chi connectivity index (χ3n) is 4.83. The number of halogens is 1. The van der Waals surface area contributed by atoms with Crippen molar-refractivity contribution < 1.29 is 17.6 Å². The number of carbonyl (C=O) groups excluding carboxylic acids is 1. The highest BCUT2D eigenvalue weighted by Gasteiger charge is 2.38. The summed E-state index contributed by atoms with van der Waals surface area (Å²) in [5.41, 5.74) is 0.404. The summed E-state index contributed by atoms with van der Waals surface area (Å²) >= 11 is 0. The number of likely N-dealkylation sites (N-methyl/N-ethyl adjacent to an activating group) is 1. The fraction of sp³-hybridized carbons (Fsp3) is 0.350. The summed E-state index contributed by atoms with van der Waals surface area (Å²) in [5.74, 6) is -0.688. The van der Waals surface area contributed by atoms with Crippen LogP contribution in [0.4, 0.5) is 4.39 Å². The van der Waals surface area contributed by atoms with Gasteiger partial charge in [-0.05, 0) is 31.0 Å². The SMILES string of the molecule is CN(Cc1ccccc1F)C(=O)C1CCCCN1S(=O)(=O)c1ccccc1. The molecule has 1 amide bonds. The number of piperidine rings is 1. The Morgan fingerprint density at radius 3 is 2.48 bits per heavy atom. The minimum Gasteiger partial charge on any atom is -0.340 e. The van der Waals surface area contributed by atoms with Crippen molar-refractivity contribution in [2.45, 2.75) is 36.7 Å². The zero-order chi connectivity index (χ0) is 19.4. The van der Waals surface area contributed by atoms with Crippen LogP contribution in [0.15, 0.2) is 59.5 Å². The molecule has 1 fully saturated rings. The zero-order valence-corrected chi connectivity index (χ0v) is 16.0. The second kappa shape index (κ2) is 8.19. The predicted molar refractivity (Wildman–Crippen MR) is 101 cm³/mol. The van der Waals surface area contributed by atoms with Gasteiger partial charge in [0, 0.05) is 25.7 Å². The van der Waals surface area contributed by atoms with Crippen molar-refractivity contribution in [2.75, 3.05) is 13.6 Å². The number of benzene rings is 2. The maximum atomic E-state index is 13.9. The monoisotopic (exact) mass is 390 g/mol. The molecule has 3 rings (SSSR count). The molecule has 1 aliphatic heterocycles. The van der Waals surface area contributed by atoms with Crippen molar-refractivity contribution >= 4 is 15.9 Å². The molecule has 7 heteroatoms. The van der Waals surface area contributed by atoms with Crippen molar-refractivity contribution in [3.8, 4) is 0 Å². The predicted octanol–water partition coefficient (Wildman–Crippen LogP) is 3.03. The minimum atomic E-state index is -3.76. The van der Waals surface area contributed by atoms with Gasteiger partial charge in [0.15, 0.2) is 0 Å². The third kappa shape index (κ3) is 4.20. The van der Waals surface area contributed by atoms with Gasteiger partial charge in [-0.3, -0.25) is 4.79 Å². The molecule has 27 heavy (non-hydrogen) atoms. The van der Waals surface area contributed by atoms with Crippen LogP contribution in [0, 0.1) is 5.82 Å². The molecule has 0 bridgehead atoms. The van der Waals surface area contributed by atoms with Crippen LogP contribution in [0.3, 0.4) is 0 Å². The Labute approximate surface area is 159 Å². The Morgan fingerprint density at radius 2 is 1.78 bits per heavy atom. The Balaban J connectivity index is 1.82. The van der Waals surface area contributed by atoms with E-state index in [0.29, 0.717) is 24.9 Å². The zero-order valence-electron chi connectivity index (χ0n) is 15.2. The largest absolute Gasteiger partial charge is 0.340 e. The first-order chi connectivity index (χ1) is 12.9. The molecule has 144 valence electrons. The van der Waals surface area contributed by atoms with Gasteiger partial charge >= 0.3 is 0 Å². The summed E-state index contributed by atoms with van der Waals surface area (Å²) in [6, 6.07) is 13.7. The molecule has 1 aliphatic rings. The first-order valence-corrected chi connectivity index (χ1v) is 10.4. The van der Waals surface area contributed by atoms with Gasteiger partial charge in [0.25, 0.3) is 0 Å². The van der Waals surface area contributed by atoms with Crippen molar-refractivity contribution in [1.29, 1.82) is 0 Å². The van der Waals surface area contributed by atoms with Crippen LogP contribution in [-0.4, -0.2) is 43.2 Å². The number of hydrogen-bond acceptors (Lipinski definition) is 3. The van der Waals surface area contributed by atoms with Gasteiger partial charge in [0.05, 0.1) is 4.90 Å². The molecule has 0 saturated carbocycles. The van der Waals surface area contributed by atoms with Crippen LogP contribution >= 0.6 is 0 Å². The lowest BCUT2D eigenvalue weighted by molar-refractivity contribution is -0.135. The van der Waals surface area contributed by atoms with Crippen molar-refractivity contribution in [2.24, 2.45) is 0 Å². The van der Waals surface area contributed by atoms with Gasteiger partial charge in [0.1, 0.15) is 11.9 Å². The van der Waals surface area contributed by atoms with Crippen molar-refractivity contribution in [3.63, 3.8) is 0 Å². The van der Waals surface area contributed by atoms with E-state index in [1.54, 1.807) is 43.4 Å². The summed E-state index contributed by atoms with van der Waals surface area (Å²) in [6.07, 6.45) is 1.96. The van der Waals surface area contributed by atoms with Crippen LogP contribution in [0.5, 0.6) is 0 Å². The molecule has 1 atom stereocenters. The van der Waals surface area contributed by atoms with Crippen LogP contribution in [-0.2, 0) is 21.4 Å². The Bertz CT molecular complexity index is 902. The Hall–Kier alpha value is -2.25. The van der Waals surface area contributed by atoms with Crippen molar-refractivity contribution in [3.05, 3.63) is 66.0 Å². The van der Waals surface area contributed by atoms with Gasteiger partial charge in [-0.1, -0.05) is 42.8 Å². The summed E-state index contributed by atoms with van der Waals surface area (Å²) in [6.45, 7) is 0.405. The lowest BCUT2D eigenvalue weighted by Crippen LogP contribution is -2.52. The van der Waals surface area contributed by atoms with E-state index in [1.165, 1.54) is 27.4 Å².